The number of rotatable bonds is 6. The molecule has 29 heavy (non-hydrogen) atoms. The van der Waals surface area contributed by atoms with Gasteiger partial charge < -0.3 is 15.3 Å². The molecule has 0 radical (unpaired) electrons. The highest BCUT2D eigenvalue weighted by Crippen LogP contribution is 2.59. The van der Waals surface area contributed by atoms with Gasteiger partial charge in [0.15, 0.2) is 5.13 Å². The maximum Gasteiger partial charge on any atom is 0.263 e. The van der Waals surface area contributed by atoms with Crippen LogP contribution in [0.2, 0.25) is 0 Å². The summed E-state index contributed by atoms with van der Waals surface area (Å²) in [6.07, 6.45) is 8.29. The predicted molar refractivity (Wildman–Crippen MR) is 116 cm³/mol. The molecule has 1 aromatic rings. The van der Waals surface area contributed by atoms with Crippen molar-refractivity contribution in [3.8, 4) is 0 Å². The van der Waals surface area contributed by atoms with Gasteiger partial charge in [-0.15, -0.1) is 0 Å². The van der Waals surface area contributed by atoms with Crippen LogP contribution in [-0.4, -0.2) is 66.8 Å². The number of carbonyl (C=O) groups excluding carboxylic acids is 1. The number of piperazine rings is 1. The second kappa shape index (κ2) is 7.82. The van der Waals surface area contributed by atoms with E-state index in [1.807, 2.05) is 6.92 Å². The van der Waals surface area contributed by atoms with Gasteiger partial charge in [-0.2, -0.15) is 0 Å². The molecule has 5 fully saturated rings. The molecule has 0 unspecified atom stereocenters. The highest BCUT2D eigenvalue weighted by molar-refractivity contribution is 7.17. The van der Waals surface area contributed by atoms with Gasteiger partial charge in [0.05, 0.1) is 12.3 Å². The zero-order valence-electron chi connectivity index (χ0n) is 17.5. The Balaban J connectivity index is 1.20. The standard InChI is InChI=1S/C22H34N4O2S/c1-15-19(29-21(24-15)26-4-2-25(3-5-26)6-7-27)20(28)23-14-22-11-16-8-17(12-22)10-18(9-16)13-22/h16-18,27H,2-14H2,1H3,(H,23,28). The molecule has 6 rings (SSSR count). The van der Waals surface area contributed by atoms with Gasteiger partial charge in [-0.25, -0.2) is 4.98 Å². The van der Waals surface area contributed by atoms with Crippen molar-refractivity contribution < 1.29 is 9.90 Å². The van der Waals surface area contributed by atoms with Gasteiger partial charge >= 0.3 is 0 Å². The van der Waals surface area contributed by atoms with Crippen LogP contribution in [0.5, 0.6) is 0 Å². The molecule has 0 aromatic carbocycles. The normalized spacial score (nSPS) is 34.0. The number of aryl methyl sites for hydroxylation is 1. The topological polar surface area (TPSA) is 68.7 Å². The van der Waals surface area contributed by atoms with Crippen LogP contribution in [-0.2, 0) is 0 Å². The summed E-state index contributed by atoms with van der Waals surface area (Å²) in [6, 6.07) is 0. The Labute approximate surface area is 177 Å². The number of thiazole rings is 1. The molecular formula is C22H34N4O2S. The smallest absolute Gasteiger partial charge is 0.263 e. The molecule has 1 aliphatic heterocycles. The molecule has 1 amide bonds. The summed E-state index contributed by atoms with van der Waals surface area (Å²) < 4.78 is 0. The molecule has 160 valence electrons. The molecule has 2 N–H and O–H groups in total. The summed E-state index contributed by atoms with van der Waals surface area (Å²) in [5.41, 5.74) is 1.22. The van der Waals surface area contributed by atoms with E-state index in [0.717, 1.165) is 72.7 Å². The molecule has 2 heterocycles. The van der Waals surface area contributed by atoms with Crippen molar-refractivity contribution in [3.63, 3.8) is 0 Å². The van der Waals surface area contributed by atoms with E-state index in [2.05, 4.69) is 15.1 Å². The fourth-order valence-corrected chi connectivity index (χ4v) is 7.92. The number of β-amino-alcohol motifs (C(OH)–C–C–N with tert-alkyl or cyclic N) is 1. The van der Waals surface area contributed by atoms with E-state index >= 15 is 0 Å². The van der Waals surface area contributed by atoms with Gasteiger partial charge in [0, 0.05) is 39.3 Å². The predicted octanol–water partition coefficient (Wildman–Crippen LogP) is 2.51. The van der Waals surface area contributed by atoms with E-state index in [0.29, 0.717) is 5.41 Å². The lowest BCUT2D eigenvalue weighted by atomic mass is 9.49. The minimum atomic E-state index is 0.0703. The zero-order chi connectivity index (χ0) is 20.0. The van der Waals surface area contributed by atoms with Crippen LogP contribution >= 0.6 is 11.3 Å². The Morgan fingerprint density at radius 3 is 2.34 bits per heavy atom. The van der Waals surface area contributed by atoms with E-state index in [1.165, 1.54) is 38.5 Å². The molecule has 7 heteroatoms. The van der Waals surface area contributed by atoms with Crippen LogP contribution in [0.25, 0.3) is 0 Å². The van der Waals surface area contributed by atoms with Crippen molar-refractivity contribution in [1.82, 2.24) is 15.2 Å². The van der Waals surface area contributed by atoms with E-state index < -0.39 is 0 Å². The van der Waals surface area contributed by atoms with E-state index in [4.69, 9.17) is 10.1 Å². The number of amides is 1. The van der Waals surface area contributed by atoms with Crippen molar-refractivity contribution in [2.45, 2.75) is 45.4 Å². The average Bonchev–Trinajstić information content (AvgIpc) is 3.08. The highest BCUT2D eigenvalue weighted by atomic mass is 32.1. The molecule has 4 aliphatic carbocycles. The van der Waals surface area contributed by atoms with Gasteiger partial charge in [0.1, 0.15) is 4.88 Å². The number of hydrogen-bond donors (Lipinski definition) is 2. The minimum Gasteiger partial charge on any atom is -0.395 e. The Bertz CT molecular complexity index is 721. The molecule has 0 atom stereocenters. The van der Waals surface area contributed by atoms with Crippen LogP contribution in [0.15, 0.2) is 0 Å². The summed E-state index contributed by atoms with van der Waals surface area (Å²) in [7, 11) is 0. The third-order valence-electron chi connectivity index (χ3n) is 7.84. The average molecular weight is 419 g/mol. The first-order valence-electron chi connectivity index (χ1n) is 11.4. The largest absolute Gasteiger partial charge is 0.395 e. The first-order chi connectivity index (χ1) is 14.0. The Hall–Kier alpha value is -1.18. The molecule has 5 aliphatic rings. The number of aromatic nitrogens is 1. The lowest BCUT2D eigenvalue weighted by molar-refractivity contribution is -0.0503. The maximum atomic E-state index is 13.0. The first kappa shape index (κ1) is 19.8. The van der Waals surface area contributed by atoms with Gasteiger partial charge in [0.25, 0.3) is 5.91 Å². The summed E-state index contributed by atoms with van der Waals surface area (Å²) >= 11 is 1.54. The quantitative estimate of drug-likeness (QED) is 0.743. The second-order valence-corrected chi connectivity index (χ2v) is 11.0. The van der Waals surface area contributed by atoms with Gasteiger partial charge in [0.2, 0.25) is 0 Å². The lowest BCUT2D eigenvalue weighted by Gasteiger charge is -2.56. The fraction of sp³-hybridized carbons (Fsp3) is 0.818. The van der Waals surface area contributed by atoms with E-state index in [1.54, 1.807) is 11.3 Å². The third kappa shape index (κ3) is 3.93. The molecular weight excluding hydrogens is 384 g/mol. The van der Waals surface area contributed by atoms with Crippen LogP contribution in [0, 0.1) is 30.1 Å². The summed E-state index contributed by atoms with van der Waals surface area (Å²) in [6.45, 7) is 7.44. The number of nitrogens with one attached hydrogen (secondary N) is 1. The number of nitrogens with zero attached hydrogens (tertiary/aromatic N) is 3. The van der Waals surface area contributed by atoms with Gasteiger partial charge in [-0.3, -0.25) is 9.69 Å². The van der Waals surface area contributed by atoms with Crippen LogP contribution in [0.1, 0.15) is 53.9 Å². The molecule has 4 bridgehead atoms. The van der Waals surface area contributed by atoms with E-state index in [9.17, 15) is 4.79 Å². The number of aliphatic hydroxyl groups excluding tert-OH is 1. The highest BCUT2D eigenvalue weighted by Gasteiger charge is 2.50. The summed E-state index contributed by atoms with van der Waals surface area (Å²) in [5, 5.41) is 13.4. The summed E-state index contributed by atoms with van der Waals surface area (Å²) in [4.78, 5) is 23.0. The number of aliphatic hydroxyl groups is 1. The third-order valence-corrected chi connectivity index (χ3v) is 9.06. The number of anilines is 1. The zero-order valence-corrected chi connectivity index (χ0v) is 18.3. The molecule has 4 saturated carbocycles. The van der Waals surface area contributed by atoms with Crippen molar-refractivity contribution in [2.24, 2.45) is 23.2 Å². The SMILES string of the molecule is Cc1nc(N2CCN(CCO)CC2)sc1C(=O)NCC12CC3CC(CC(C3)C1)C2. The molecule has 0 spiro atoms. The second-order valence-electron chi connectivity index (χ2n) is 10.1. The minimum absolute atomic E-state index is 0.0703. The van der Waals surface area contributed by atoms with Crippen LogP contribution < -0.4 is 10.2 Å². The van der Waals surface area contributed by atoms with Crippen LogP contribution in [0.3, 0.4) is 0 Å². The Morgan fingerprint density at radius 2 is 1.76 bits per heavy atom. The Kier molecular flexibility index (Phi) is 5.33. The van der Waals surface area contributed by atoms with Crippen molar-refractivity contribution in [2.75, 3.05) is 50.8 Å². The molecule has 6 nitrogen and oxygen atoms in total. The fourth-order valence-electron chi connectivity index (χ4n) is 6.89. The molecule has 1 saturated heterocycles. The maximum absolute atomic E-state index is 13.0. The lowest BCUT2D eigenvalue weighted by Crippen LogP contribution is -2.51. The summed E-state index contributed by atoms with van der Waals surface area (Å²) in [5.74, 6) is 2.82. The monoisotopic (exact) mass is 418 g/mol. The van der Waals surface area contributed by atoms with Crippen molar-refractivity contribution in [1.29, 1.82) is 0 Å². The van der Waals surface area contributed by atoms with Crippen LogP contribution in [0.4, 0.5) is 5.13 Å². The van der Waals surface area contributed by atoms with E-state index in [-0.39, 0.29) is 12.5 Å². The molecule has 1 aromatic heterocycles. The van der Waals surface area contributed by atoms with Crippen molar-refractivity contribution in [3.05, 3.63) is 10.6 Å². The van der Waals surface area contributed by atoms with Gasteiger partial charge in [-0.05, 0) is 68.6 Å². The number of hydrogen-bond acceptors (Lipinski definition) is 6. The first-order valence-corrected chi connectivity index (χ1v) is 12.2. The Morgan fingerprint density at radius 1 is 1.14 bits per heavy atom. The van der Waals surface area contributed by atoms with Crippen molar-refractivity contribution >= 4 is 22.4 Å². The number of carbonyl (C=O) groups is 1. The van der Waals surface area contributed by atoms with Gasteiger partial charge in [-0.1, -0.05) is 11.3 Å².